The number of carboxylic acids is 1. The van der Waals surface area contributed by atoms with E-state index in [1.807, 2.05) is 4.90 Å². The van der Waals surface area contributed by atoms with E-state index in [1.54, 1.807) is 16.5 Å². The fraction of sp³-hybridized carbons (Fsp3) is 0.370. The first-order valence-corrected chi connectivity index (χ1v) is 14.5. The average molecular weight is 620 g/mol. The fourth-order valence-electron chi connectivity index (χ4n) is 5.65. The molecule has 0 radical (unpaired) electrons. The van der Waals surface area contributed by atoms with Gasteiger partial charge in [-0.25, -0.2) is 18.9 Å². The van der Waals surface area contributed by atoms with E-state index in [4.69, 9.17) is 16.6 Å². The number of hydrogen-bond donors (Lipinski definition) is 2. The Kier molecular flexibility index (Phi) is 7.66. The van der Waals surface area contributed by atoms with Gasteiger partial charge in [-0.15, -0.1) is 11.3 Å². The molecule has 0 saturated carbocycles. The van der Waals surface area contributed by atoms with Crippen molar-refractivity contribution in [1.82, 2.24) is 29.9 Å². The van der Waals surface area contributed by atoms with Crippen LogP contribution in [0.15, 0.2) is 52.7 Å². The Hall–Kier alpha value is -3.91. The van der Waals surface area contributed by atoms with Gasteiger partial charge in [0.15, 0.2) is 10.8 Å². The zero-order valence-electron chi connectivity index (χ0n) is 22.0. The lowest BCUT2D eigenvalue weighted by atomic mass is 9.92. The van der Waals surface area contributed by atoms with Gasteiger partial charge in [-0.1, -0.05) is 17.7 Å². The van der Waals surface area contributed by atoms with Gasteiger partial charge in [-0.2, -0.15) is 13.9 Å². The molecule has 5 heterocycles. The molecule has 15 heteroatoms. The number of carbonyl (C=O) groups excluding carboxylic acids is 1. The quantitative estimate of drug-likeness (QED) is 0.400. The molecule has 0 aliphatic carbocycles. The number of nitrogens with one attached hydrogen (secondary N) is 1. The number of likely N-dealkylation sites (tertiary alicyclic amines) is 1. The number of nitrogens with zero attached hydrogens (tertiary/aromatic N) is 6. The Morgan fingerprint density at radius 2 is 1.98 bits per heavy atom. The Bertz CT molecular complexity index is 1570. The molecular formula is C27H25ClF3N7O3S. The van der Waals surface area contributed by atoms with E-state index < -0.39 is 30.3 Å². The van der Waals surface area contributed by atoms with E-state index >= 15 is 0 Å². The molecule has 2 N–H and O–H groups in total. The van der Waals surface area contributed by atoms with Crippen molar-refractivity contribution < 1.29 is 27.9 Å². The average Bonchev–Trinajstić information content (AvgIpc) is 3.74. The van der Waals surface area contributed by atoms with Gasteiger partial charge in [-0.05, 0) is 31.0 Å². The number of carboxylic acid groups (broad SMARTS) is 1. The van der Waals surface area contributed by atoms with Crippen molar-refractivity contribution in [2.45, 2.75) is 37.9 Å². The van der Waals surface area contributed by atoms with Crippen LogP contribution < -0.4 is 5.32 Å². The normalized spacial score (nSPS) is 21.1. The van der Waals surface area contributed by atoms with Crippen LogP contribution in [-0.4, -0.2) is 73.2 Å². The van der Waals surface area contributed by atoms with Crippen LogP contribution in [0.25, 0.3) is 5.57 Å². The summed E-state index contributed by atoms with van der Waals surface area (Å²) >= 11 is 7.86. The first-order valence-electron chi connectivity index (χ1n) is 13.2. The number of aromatic nitrogens is 3. The maximum atomic E-state index is 14.0. The number of alkyl halides is 2. The van der Waals surface area contributed by atoms with Crippen LogP contribution in [-0.2, 0) is 4.79 Å². The third-order valence-corrected chi connectivity index (χ3v) is 8.78. The molecule has 2 atom stereocenters. The molecule has 2 aromatic heterocycles. The van der Waals surface area contributed by atoms with Crippen molar-refractivity contribution in [3.8, 4) is 0 Å². The second kappa shape index (κ2) is 11.4. The highest BCUT2D eigenvalue weighted by molar-refractivity contribution is 7.11. The maximum Gasteiger partial charge on any atom is 0.333 e. The van der Waals surface area contributed by atoms with Crippen LogP contribution in [0, 0.1) is 11.7 Å². The number of hydrogen-bond acceptors (Lipinski definition) is 7. The molecule has 3 aliphatic rings. The van der Waals surface area contributed by atoms with Crippen molar-refractivity contribution in [1.29, 1.82) is 0 Å². The summed E-state index contributed by atoms with van der Waals surface area (Å²) in [7, 11) is 0. The summed E-state index contributed by atoms with van der Waals surface area (Å²) in [4.78, 5) is 37.4. The van der Waals surface area contributed by atoms with E-state index in [0.717, 1.165) is 0 Å². The van der Waals surface area contributed by atoms with Gasteiger partial charge in [0.2, 0.25) is 0 Å². The van der Waals surface area contributed by atoms with Gasteiger partial charge in [0.1, 0.15) is 11.9 Å². The maximum absolute atomic E-state index is 14.0. The number of benzene rings is 1. The molecule has 10 nitrogen and oxygen atoms in total. The predicted octanol–water partition coefficient (Wildman–Crippen LogP) is 5.02. The topological polar surface area (TPSA) is 116 Å². The third kappa shape index (κ3) is 5.36. The first kappa shape index (κ1) is 28.2. The number of piperidine rings is 1. The van der Waals surface area contributed by atoms with Gasteiger partial charge >= 0.3 is 18.5 Å². The summed E-state index contributed by atoms with van der Waals surface area (Å²) in [6.45, 7) is -1.87. The highest BCUT2D eigenvalue weighted by Crippen LogP contribution is 2.46. The highest BCUT2D eigenvalue weighted by atomic mass is 35.5. The number of fused-ring (bicyclic) bond motifs is 1. The number of thiazole rings is 1. The molecule has 0 spiro atoms. The number of amides is 2. The van der Waals surface area contributed by atoms with Crippen LogP contribution in [0.3, 0.4) is 0 Å². The number of halogens is 4. The van der Waals surface area contributed by atoms with Crippen LogP contribution in [0.4, 0.5) is 18.0 Å². The lowest BCUT2D eigenvalue weighted by molar-refractivity contribution is -0.143. The van der Waals surface area contributed by atoms with Crippen molar-refractivity contribution in [2.75, 3.05) is 19.6 Å². The van der Waals surface area contributed by atoms with E-state index in [2.05, 4.69) is 15.4 Å². The van der Waals surface area contributed by atoms with E-state index in [9.17, 15) is 27.9 Å². The minimum absolute atomic E-state index is 0.120. The molecule has 2 saturated heterocycles. The molecule has 0 unspecified atom stereocenters. The zero-order valence-corrected chi connectivity index (χ0v) is 23.5. The minimum atomic E-state index is -2.85. The smallest absolute Gasteiger partial charge is 0.333 e. The summed E-state index contributed by atoms with van der Waals surface area (Å²) in [5, 5.41) is 19.0. The van der Waals surface area contributed by atoms with Gasteiger partial charge in [0, 0.05) is 65.7 Å². The number of aliphatic imine (C=N–C) groups is 1. The Morgan fingerprint density at radius 3 is 2.62 bits per heavy atom. The Labute approximate surface area is 247 Å². The number of rotatable bonds is 6. The number of aliphatic carboxylic acids is 1. The summed E-state index contributed by atoms with van der Waals surface area (Å²) in [6, 6.07) is 3.92. The molecule has 3 aromatic rings. The summed E-state index contributed by atoms with van der Waals surface area (Å²) < 4.78 is 41.6. The minimum Gasteiger partial charge on any atom is -0.481 e. The number of amidine groups is 1. The van der Waals surface area contributed by atoms with Crippen LogP contribution in [0.5, 0.6) is 0 Å². The zero-order chi connectivity index (χ0) is 29.5. The van der Waals surface area contributed by atoms with Crippen molar-refractivity contribution >= 4 is 46.3 Å². The molecule has 42 heavy (non-hydrogen) atoms. The molecule has 0 bridgehead atoms. The second-order valence-electron chi connectivity index (χ2n) is 10.2. The molecule has 2 fully saturated rings. The van der Waals surface area contributed by atoms with Crippen molar-refractivity contribution in [3.63, 3.8) is 0 Å². The molecule has 1 aromatic carbocycles. The molecule has 220 valence electrons. The first-order chi connectivity index (χ1) is 20.2. The lowest BCUT2D eigenvalue weighted by Gasteiger charge is -2.32. The summed E-state index contributed by atoms with van der Waals surface area (Å²) in [5.74, 6) is -1.34. The standard InChI is InChI=1S/C27H25ClF3N7O3S/c28-18-11-15(29)1-2-17(18)22-21(19-5-9-38(35-19)26(30)31)20-12-16(13-37(20)23(34-22)24-32-6-10-42-24)33-27(41)36-7-3-14(4-8-36)25(39)40/h1-2,5-6,9-11,14,16,22,26H,3-4,7-8,12-13H2,(H,33,41)(H,39,40)/t16-,22-/m0/s1. The number of carbonyl (C=O) groups is 2. The van der Waals surface area contributed by atoms with E-state index in [0.29, 0.717) is 71.3 Å². The highest BCUT2D eigenvalue weighted by Gasteiger charge is 2.42. The van der Waals surface area contributed by atoms with Gasteiger partial charge in [0.25, 0.3) is 0 Å². The Morgan fingerprint density at radius 1 is 1.19 bits per heavy atom. The molecular weight excluding hydrogens is 595 g/mol. The number of urea groups is 1. The summed E-state index contributed by atoms with van der Waals surface area (Å²) in [6.07, 6.45) is 3.90. The van der Waals surface area contributed by atoms with Crippen LogP contribution >= 0.6 is 22.9 Å². The second-order valence-corrected chi connectivity index (χ2v) is 11.5. The lowest BCUT2D eigenvalue weighted by Crippen LogP contribution is -2.49. The molecule has 6 rings (SSSR count). The fourth-order valence-corrected chi connectivity index (χ4v) is 6.56. The molecule has 2 amide bonds. The van der Waals surface area contributed by atoms with Gasteiger partial charge < -0.3 is 20.2 Å². The third-order valence-electron chi connectivity index (χ3n) is 7.68. The van der Waals surface area contributed by atoms with E-state index in [1.165, 1.54) is 41.8 Å². The van der Waals surface area contributed by atoms with E-state index in [-0.39, 0.29) is 22.8 Å². The Balaban J connectivity index is 1.38. The largest absolute Gasteiger partial charge is 0.481 e. The predicted molar refractivity (Wildman–Crippen MR) is 149 cm³/mol. The SMILES string of the molecule is O=C(O)C1CCN(C(=O)N[C@H]2CC3=C(c4ccn(C(F)F)n4)[C@H](c4ccc(F)cc4Cl)N=C(c4nccs4)N3C2)CC1. The van der Waals surface area contributed by atoms with Crippen molar-refractivity contribution in [3.05, 3.63) is 74.8 Å². The summed E-state index contributed by atoms with van der Waals surface area (Å²) in [5.41, 5.74) is 1.94. The van der Waals surface area contributed by atoms with Gasteiger partial charge in [-0.3, -0.25) is 9.79 Å². The van der Waals surface area contributed by atoms with Gasteiger partial charge in [0.05, 0.1) is 17.7 Å². The monoisotopic (exact) mass is 619 g/mol. The van der Waals surface area contributed by atoms with Crippen molar-refractivity contribution in [2.24, 2.45) is 10.9 Å². The van der Waals surface area contributed by atoms with Crippen LogP contribution in [0.1, 0.15) is 48.1 Å². The molecule has 3 aliphatic heterocycles. The van der Waals surface area contributed by atoms with Crippen LogP contribution in [0.2, 0.25) is 5.02 Å².